The van der Waals surface area contributed by atoms with E-state index in [1.54, 1.807) is 24.3 Å². The fourth-order valence-electron chi connectivity index (χ4n) is 1.83. The van der Waals surface area contributed by atoms with E-state index in [9.17, 15) is 8.42 Å². The number of sulfonamides is 1. The molecule has 0 aliphatic heterocycles. The van der Waals surface area contributed by atoms with Gasteiger partial charge in [-0.05, 0) is 37.1 Å². The molecule has 6 nitrogen and oxygen atoms in total. The number of benzene rings is 1. The number of rotatable bonds is 6. The van der Waals surface area contributed by atoms with Crippen LogP contribution >= 0.6 is 0 Å². The SMILES string of the molecule is Nc1ccc(OCCS(=O)(=O)NC2CC(O)C2)cc1. The molecule has 1 aliphatic rings. The Morgan fingerprint density at radius 1 is 1.32 bits per heavy atom. The normalized spacial score (nSPS) is 22.8. The van der Waals surface area contributed by atoms with Gasteiger partial charge in [0.1, 0.15) is 12.4 Å². The Balaban J connectivity index is 1.73. The minimum atomic E-state index is -3.35. The van der Waals surface area contributed by atoms with Crippen molar-refractivity contribution in [3.8, 4) is 5.75 Å². The van der Waals surface area contributed by atoms with E-state index in [0.717, 1.165) is 0 Å². The molecule has 0 spiro atoms. The van der Waals surface area contributed by atoms with Crippen LogP contribution in [-0.2, 0) is 10.0 Å². The fourth-order valence-corrected chi connectivity index (χ4v) is 2.95. The summed E-state index contributed by atoms with van der Waals surface area (Å²) in [4.78, 5) is 0. The van der Waals surface area contributed by atoms with Crippen molar-refractivity contribution in [2.75, 3.05) is 18.1 Å². The van der Waals surface area contributed by atoms with E-state index in [-0.39, 0.29) is 24.5 Å². The number of aliphatic hydroxyl groups excluding tert-OH is 1. The lowest BCUT2D eigenvalue weighted by Gasteiger charge is -2.31. The first-order valence-electron chi connectivity index (χ1n) is 6.11. The van der Waals surface area contributed by atoms with E-state index >= 15 is 0 Å². The molecule has 1 fully saturated rings. The number of nitrogens with one attached hydrogen (secondary N) is 1. The monoisotopic (exact) mass is 286 g/mol. The lowest BCUT2D eigenvalue weighted by Crippen LogP contribution is -2.47. The summed E-state index contributed by atoms with van der Waals surface area (Å²) < 4.78 is 31.2. The molecule has 0 aromatic heterocycles. The summed E-state index contributed by atoms with van der Waals surface area (Å²) in [6.07, 6.45) is 0.592. The van der Waals surface area contributed by atoms with Gasteiger partial charge in [0.2, 0.25) is 10.0 Å². The van der Waals surface area contributed by atoms with Gasteiger partial charge in [-0.15, -0.1) is 0 Å². The Bertz CT molecular complexity index is 509. The minimum Gasteiger partial charge on any atom is -0.492 e. The second kappa shape index (κ2) is 5.77. The molecule has 0 atom stereocenters. The Hall–Kier alpha value is -1.31. The molecule has 0 heterocycles. The van der Waals surface area contributed by atoms with Gasteiger partial charge in [0, 0.05) is 11.7 Å². The van der Waals surface area contributed by atoms with Gasteiger partial charge in [0.25, 0.3) is 0 Å². The van der Waals surface area contributed by atoms with Crippen molar-refractivity contribution in [3.63, 3.8) is 0 Å². The standard InChI is InChI=1S/C12H18N2O4S/c13-9-1-3-12(4-2-9)18-5-6-19(16,17)14-10-7-11(15)8-10/h1-4,10-11,14-15H,5-8,13H2. The molecule has 1 aliphatic carbocycles. The summed E-state index contributed by atoms with van der Waals surface area (Å²) in [5.41, 5.74) is 6.16. The van der Waals surface area contributed by atoms with Crippen LogP contribution in [0.1, 0.15) is 12.8 Å². The van der Waals surface area contributed by atoms with Gasteiger partial charge >= 0.3 is 0 Å². The molecule has 7 heteroatoms. The van der Waals surface area contributed by atoms with Crippen molar-refractivity contribution in [1.29, 1.82) is 0 Å². The molecule has 1 saturated carbocycles. The average Bonchev–Trinajstić information content (AvgIpc) is 2.29. The van der Waals surface area contributed by atoms with Crippen molar-refractivity contribution in [1.82, 2.24) is 4.72 Å². The molecular formula is C12H18N2O4S. The van der Waals surface area contributed by atoms with Crippen LogP contribution in [0.5, 0.6) is 5.75 Å². The van der Waals surface area contributed by atoms with Crippen LogP contribution in [0.3, 0.4) is 0 Å². The summed E-state index contributed by atoms with van der Waals surface area (Å²) in [7, 11) is -3.35. The molecular weight excluding hydrogens is 268 g/mol. The zero-order valence-corrected chi connectivity index (χ0v) is 11.3. The predicted octanol–water partition coefficient (Wildman–Crippen LogP) is 0.0903. The van der Waals surface area contributed by atoms with E-state index in [1.807, 2.05) is 0 Å². The van der Waals surface area contributed by atoms with Crippen LogP contribution in [0.4, 0.5) is 5.69 Å². The number of hydrogen-bond acceptors (Lipinski definition) is 5. The lowest BCUT2D eigenvalue weighted by atomic mass is 9.91. The first kappa shape index (κ1) is 14.1. The van der Waals surface area contributed by atoms with Gasteiger partial charge in [0.05, 0.1) is 11.9 Å². The van der Waals surface area contributed by atoms with E-state index < -0.39 is 10.0 Å². The van der Waals surface area contributed by atoms with Crippen LogP contribution in [0.25, 0.3) is 0 Å². The highest BCUT2D eigenvalue weighted by atomic mass is 32.2. The van der Waals surface area contributed by atoms with Crippen molar-refractivity contribution in [2.24, 2.45) is 0 Å². The van der Waals surface area contributed by atoms with Gasteiger partial charge in [-0.3, -0.25) is 0 Å². The zero-order chi connectivity index (χ0) is 13.9. The molecule has 0 saturated heterocycles. The largest absolute Gasteiger partial charge is 0.492 e. The number of aliphatic hydroxyl groups is 1. The molecule has 0 radical (unpaired) electrons. The number of anilines is 1. The molecule has 1 aromatic carbocycles. The Morgan fingerprint density at radius 3 is 2.53 bits per heavy atom. The first-order valence-corrected chi connectivity index (χ1v) is 7.76. The highest BCUT2D eigenvalue weighted by Gasteiger charge is 2.30. The summed E-state index contributed by atoms with van der Waals surface area (Å²) in [5.74, 6) is 0.479. The van der Waals surface area contributed by atoms with Crippen molar-refractivity contribution in [2.45, 2.75) is 25.0 Å². The lowest BCUT2D eigenvalue weighted by molar-refractivity contribution is 0.0712. The average molecular weight is 286 g/mol. The third-order valence-corrected chi connectivity index (χ3v) is 4.36. The zero-order valence-electron chi connectivity index (χ0n) is 10.5. The maximum Gasteiger partial charge on any atom is 0.215 e. The van der Waals surface area contributed by atoms with Gasteiger partial charge in [-0.2, -0.15) is 0 Å². The predicted molar refractivity (Wildman–Crippen MR) is 72.3 cm³/mol. The minimum absolute atomic E-state index is 0.0779. The molecule has 1 aromatic rings. The van der Waals surface area contributed by atoms with Crippen LogP contribution < -0.4 is 15.2 Å². The fraction of sp³-hybridized carbons (Fsp3) is 0.500. The molecule has 106 valence electrons. The van der Waals surface area contributed by atoms with E-state index in [4.69, 9.17) is 15.6 Å². The Morgan fingerprint density at radius 2 is 1.95 bits per heavy atom. The van der Waals surface area contributed by atoms with Gasteiger partial charge in [-0.25, -0.2) is 13.1 Å². The maximum atomic E-state index is 11.7. The van der Waals surface area contributed by atoms with Crippen molar-refractivity contribution in [3.05, 3.63) is 24.3 Å². The van der Waals surface area contributed by atoms with Gasteiger partial charge in [0.15, 0.2) is 0 Å². The highest BCUT2D eigenvalue weighted by Crippen LogP contribution is 2.20. The van der Waals surface area contributed by atoms with E-state index in [0.29, 0.717) is 24.3 Å². The molecule has 19 heavy (non-hydrogen) atoms. The maximum absolute atomic E-state index is 11.7. The van der Waals surface area contributed by atoms with E-state index in [2.05, 4.69) is 4.72 Å². The van der Waals surface area contributed by atoms with Crippen LogP contribution in [-0.4, -0.2) is 38.0 Å². The molecule has 0 unspecified atom stereocenters. The number of hydrogen-bond donors (Lipinski definition) is 3. The third kappa shape index (κ3) is 4.38. The Kier molecular flexibility index (Phi) is 4.28. The summed E-state index contributed by atoms with van der Waals surface area (Å²) >= 11 is 0. The van der Waals surface area contributed by atoms with Crippen molar-refractivity contribution >= 4 is 15.7 Å². The number of nitrogens with two attached hydrogens (primary N) is 1. The van der Waals surface area contributed by atoms with Crippen LogP contribution in [0.2, 0.25) is 0 Å². The van der Waals surface area contributed by atoms with Gasteiger partial charge in [-0.1, -0.05) is 0 Å². The second-order valence-electron chi connectivity index (χ2n) is 4.68. The number of ether oxygens (including phenoxy) is 1. The smallest absolute Gasteiger partial charge is 0.215 e. The molecule has 4 N–H and O–H groups in total. The highest BCUT2D eigenvalue weighted by molar-refractivity contribution is 7.89. The van der Waals surface area contributed by atoms with E-state index in [1.165, 1.54) is 0 Å². The molecule has 0 bridgehead atoms. The summed E-state index contributed by atoms with van der Waals surface area (Å²) in [6.45, 7) is 0.0779. The quantitative estimate of drug-likeness (QED) is 0.643. The second-order valence-corrected chi connectivity index (χ2v) is 6.55. The van der Waals surface area contributed by atoms with Crippen LogP contribution in [0, 0.1) is 0 Å². The third-order valence-electron chi connectivity index (χ3n) is 2.96. The molecule has 0 amide bonds. The first-order chi connectivity index (χ1) is 8.94. The topological polar surface area (TPSA) is 102 Å². The van der Waals surface area contributed by atoms with Gasteiger partial charge < -0.3 is 15.6 Å². The summed E-state index contributed by atoms with van der Waals surface area (Å²) in [6, 6.07) is 6.63. The summed E-state index contributed by atoms with van der Waals surface area (Å²) in [5, 5.41) is 9.09. The van der Waals surface area contributed by atoms with Crippen LogP contribution in [0.15, 0.2) is 24.3 Å². The number of nitrogen functional groups attached to an aromatic ring is 1. The van der Waals surface area contributed by atoms with Crippen molar-refractivity contribution < 1.29 is 18.3 Å². The Labute approximate surface area is 112 Å². The molecule has 2 rings (SSSR count).